The molecule has 0 aromatic heterocycles. The summed E-state index contributed by atoms with van der Waals surface area (Å²) in [5, 5.41) is 3.52. The quantitative estimate of drug-likeness (QED) is 0.724. The Bertz CT molecular complexity index is 552. The van der Waals surface area contributed by atoms with Gasteiger partial charge in [-0.1, -0.05) is 64.1 Å². The second-order valence-corrected chi connectivity index (χ2v) is 6.55. The van der Waals surface area contributed by atoms with Gasteiger partial charge in [0.2, 0.25) is 0 Å². The zero-order valence-electron chi connectivity index (χ0n) is 13.7. The van der Waals surface area contributed by atoms with Crippen molar-refractivity contribution in [3.8, 4) is 0 Å². The number of nitrogens with one attached hydrogen (secondary N) is 1. The molecular formula is C20H27N. The molecule has 1 N–H and O–H groups in total. The van der Waals surface area contributed by atoms with Crippen LogP contribution >= 0.6 is 0 Å². The van der Waals surface area contributed by atoms with Gasteiger partial charge < -0.3 is 5.32 Å². The van der Waals surface area contributed by atoms with Crippen molar-refractivity contribution < 1.29 is 0 Å². The van der Waals surface area contributed by atoms with E-state index in [0.29, 0.717) is 11.8 Å². The lowest BCUT2D eigenvalue weighted by Gasteiger charge is -2.11. The summed E-state index contributed by atoms with van der Waals surface area (Å²) in [6.45, 7) is 9.86. The minimum Gasteiger partial charge on any atom is -0.381 e. The summed E-state index contributed by atoms with van der Waals surface area (Å²) in [4.78, 5) is 0. The molecule has 0 saturated heterocycles. The fraction of sp³-hybridized carbons (Fsp3) is 0.400. The summed E-state index contributed by atoms with van der Waals surface area (Å²) in [5.41, 5.74) is 5.34. The van der Waals surface area contributed by atoms with Crippen molar-refractivity contribution in [2.75, 3.05) is 5.32 Å². The highest BCUT2D eigenvalue weighted by Gasteiger charge is 2.01. The predicted octanol–water partition coefficient (Wildman–Crippen LogP) is 5.62. The van der Waals surface area contributed by atoms with Crippen molar-refractivity contribution in [3.63, 3.8) is 0 Å². The molecule has 2 aromatic rings. The van der Waals surface area contributed by atoms with Crippen LogP contribution in [0, 0.1) is 5.92 Å². The van der Waals surface area contributed by atoms with Gasteiger partial charge in [0.1, 0.15) is 0 Å². The molecule has 2 rings (SSSR count). The highest BCUT2D eigenvalue weighted by atomic mass is 14.9. The Labute approximate surface area is 129 Å². The van der Waals surface area contributed by atoms with Gasteiger partial charge in [-0.25, -0.2) is 0 Å². The van der Waals surface area contributed by atoms with Crippen molar-refractivity contribution in [3.05, 3.63) is 65.2 Å². The Kier molecular flexibility index (Phi) is 5.44. The van der Waals surface area contributed by atoms with E-state index in [4.69, 9.17) is 0 Å². The second kappa shape index (κ2) is 7.31. The van der Waals surface area contributed by atoms with Crippen LogP contribution in [0.4, 0.5) is 5.69 Å². The van der Waals surface area contributed by atoms with E-state index in [2.05, 4.69) is 81.5 Å². The van der Waals surface area contributed by atoms with E-state index in [0.717, 1.165) is 13.0 Å². The van der Waals surface area contributed by atoms with Crippen LogP contribution < -0.4 is 5.32 Å². The first-order chi connectivity index (χ1) is 10.0. The molecule has 21 heavy (non-hydrogen) atoms. The van der Waals surface area contributed by atoms with Crippen LogP contribution in [0.2, 0.25) is 0 Å². The average molecular weight is 281 g/mol. The third kappa shape index (κ3) is 4.93. The lowest BCUT2D eigenvalue weighted by molar-refractivity contribution is 0.647. The normalized spacial score (nSPS) is 11.1. The van der Waals surface area contributed by atoms with E-state index >= 15 is 0 Å². The maximum atomic E-state index is 3.52. The van der Waals surface area contributed by atoms with Gasteiger partial charge in [0.25, 0.3) is 0 Å². The van der Waals surface area contributed by atoms with Crippen LogP contribution in [-0.2, 0) is 13.0 Å². The van der Waals surface area contributed by atoms with E-state index in [-0.39, 0.29) is 0 Å². The number of hydrogen-bond donors (Lipinski definition) is 1. The molecule has 0 saturated carbocycles. The van der Waals surface area contributed by atoms with Gasteiger partial charge in [0, 0.05) is 12.2 Å². The molecule has 2 aromatic carbocycles. The van der Waals surface area contributed by atoms with Gasteiger partial charge in [-0.2, -0.15) is 0 Å². The van der Waals surface area contributed by atoms with Gasteiger partial charge in [0.05, 0.1) is 0 Å². The van der Waals surface area contributed by atoms with Crippen molar-refractivity contribution in [1.82, 2.24) is 0 Å². The highest BCUT2D eigenvalue weighted by molar-refractivity contribution is 5.47. The maximum absolute atomic E-state index is 3.52. The van der Waals surface area contributed by atoms with Crippen molar-refractivity contribution >= 4 is 5.69 Å². The summed E-state index contributed by atoms with van der Waals surface area (Å²) in [6, 6.07) is 17.7. The third-order valence-corrected chi connectivity index (χ3v) is 3.72. The smallest absolute Gasteiger partial charge is 0.0400 e. The predicted molar refractivity (Wildman–Crippen MR) is 92.8 cm³/mol. The number of hydrogen-bond acceptors (Lipinski definition) is 1. The largest absolute Gasteiger partial charge is 0.381 e. The molecule has 0 unspecified atom stereocenters. The van der Waals surface area contributed by atoms with Gasteiger partial charge in [-0.05, 0) is 47.1 Å². The van der Waals surface area contributed by atoms with E-state index in [1.165, 1.54) is 22.4 Å². The molecule has 0 aliphatic rings. The second-order valence-electron chi connectivity index (χ2n) is 6.55. The Hall–Kier alpha value is -1.76. The van der Waals surface area contributed by atoms with Crippen LogP contribution in [-0.4, -0.2) is 0 Å². The molecule has 112 valence electrons. The van der Waals surface area contributed by atoms with E-state index in [1.54, 1.807) is 0 Å². The molecule has 0 bridgehead atoms. The van der Waals surface area contributed by atoms with Gasteiger partial charge in [0.15, 0.2) is 0 Å². The van der Waals surface area contributed by atoms with Gasteiger partial charge >= 0.3 is 0 Å². The summed E-state index contributed by atoms with van der Waals surface area (Å²) < 4.78 is 0. The maximum Gasteiger partial charge on any atom is 0.0400 e. The molecule has 0 spiro atoms. The summed E-state index contributed by atoms with van der Waals surface area (Å²) in [5.74, 6) is 1.29. The average Bonchev–Trinajstić information content (AvgIpc) is 2.46. The Morgan fingerprint density at radius 3 is 2.14 bits per heavy atom. The lowest BCUT2D eigenvalue weighted by Crippen LogP contribution is -2.01. The van der Waals surface area contributed by atoms with E-state index in [1.807, 2.05) is 0 Å². The van der Waals surface area contributed by atoms with Crippen molar-refractivity contribution in [2.24, 2.45) is 5.92 Å². The Morgan fingerprint density at radius 1 is 0.857 bits per heavy atom. The molecule has 1 heteroatoms. The van der Waals surface area contributed by atoms with E-state index < -0.39 is 0 Å². The third-order valence-electron chi connectivity index (χ3n) is 3.72. The molecule has 0 radical (unpaired) electrons. The van der Waals surface area contributed by atoms with Gasteiger partial charge in [-0.3, -0.25) is 0 Å². The van der Waals surface area contributed by atoms with Crippen LogP contribution in [0.5, 0.6) is 0 Å². The number of rotatable bonds is 6. The van der Waals surface area contributed by atoms with Crippen molar-refractivity contribution in [1.29, 1.82) is 0 Å². The lowest BCUT2D eigenvalue weighted by atomic mass is 10.0. The molecule has 0 aliphatic carbocycles. The Balaban J connectivity index is 1.95. The zero-order chi connectivity index (χ0) is 15.2. The number of benzene rings is 2. The molecule has 0 atom stereocenters. The summed E-state index contributed by atoms with van der Waals surface area (Å²) in [6.07, 6.45) is 1.16. The van der Waals surface area contributed by atoms with Crippen molar-refractivity contribution in [2.45, 2.75) is 46.6 Å². The van der Waals surface area contributed by atoms with E-state index in [9.17, 15) is 0 Å². The minimum atomic E-state index is 0.571. The van der Waals surface area contributed by atoms with Crippen LogP contribution in [0.25, 0.3) is 0 Å². The molecule has 0 heterocycles. The summed E-state index contributed by atoms with van der Waals surface area (Å²) >= 11 is 0. The van der Waals surface area contributed by atoms with Crippen LogP contribution in [0.3, 0.4) is 0 Å². The first kappa shape index (κ1) is 15.6. The molecule has 0 amide bonds. The molecule has 0 fully saturated rings. The summed E-state index contributed by atoms with van der Waals surface area (Å²) in [7, 11) is 0. The van der Waals surface area contributed by atoms with Crippen LogP contribution in [0.15, 0.2) is 48.5 Å². The topological polar surface area (TPSA) is 12.0 Å². The fourth-order valence-electron chi connectivity index (χ4n) is 2.48. The minimum absolute atomic E-state index is 0.571. The van der Waals surface area contributed by atoms with Gasteiger partial charge in [-0.15, -0.1) is 0 Å². The first-order valence-corrected chi connectivity index (χ1v) is 7.96. The molecular weight excluding hydrogens is 254 g/mol. The highest BCUT2D eigenvalue weighted by Crippen LogP contribution is 2.19. The molecule has 0 aliphatic heterocycles. The van der Waals surface area contributed by atoms with Crippen LogP contribution in [0.1, 0.15) is 50.3 Å². The number of anilines is 1. The Morgan fingerprint density at radius 2 is 1.52 bits per heavy atom. The SMILES string of the molecule is CC(C)Cc1ccc(CNc2cccc(C(C)C)c2)cc1. The standard InChI is InChI=1S/C20H27N/c1-15(2)12-17-8-10-18(11-9-17)14-21-20-7-5-6-19(13-20)16(3)4/h5-11,13,15-16,21H,12,14H2,1-4H3. The first-order valence-electron chi connectivity index (χ1n) is 7.96. The fourth-order valence-corrected chi connectivity index (χ4v) is 2.48. The monoisotopic (exact) mass is 281 g/mol. The molecule has 1 nitrogen and oxygen atoms in total. The zero-order valence-corrected chi connectivity index (χ0v) is 13.7.